The first-order valence-electron chi connectivity index (χ1n) is 8.20. The maximum absolute atomic E-state index is 12.3. The van der Waals surface area contributed by atoms with Crippen molar-refractivity contribution in [3.8, 4) is 0 Å². The standard InChI is InChI=1S/C20H21N3O3/c1-14(2)19(25)22-23-20(26)16-10-6-7-11-17(16)21-18(24)13-12-15-8-4-3-5-9-15/h3-14H,1-2H3,(H,21,24)(H,22,25)(H,23,26)/b13-12+. The Balaban J connectivity index is 2.04. The van der Waals surface area contributed by atoms with Gasteiger partial charge in [-0.15, -0.1) is 0 Å². The summed E-state index contributed by atoms with van der Waals surface area (Å²) in [7, 11) is 0. The maximum Gasteiger partial charge on any atom is 0.271 e. The second-order valence-electron chi connectivity index (χ2n) is 5.88. The average molecular weight is 351 g/mol. The summed E-state index contributed by atoms with van der Waals surface area (Å²) < 4.78 is 0. The minimum Gasteiger partial charge on any atom is -0.322 e. The molecule has 2 aromatic rings. The van der Waals surface area contributed by atoms with Crippen molar-refractivity contribution in [2.24, 2.45) is 5.92 Å². The molecule has 6 nitrogen and oxygen atoms in total. The van der Waals surface area contributed by atoms with Gasteiger partial charge in [-0.2, -0.15) is 0 Å². The lowest BCUT2D eigenvalue weighted by molar-refractivity contribution is -0.124. The van der Waals surface area contributed by atoms with E-state index in [-0.39, 0.29) is 23.3 Å². The lowest BCUT2D eigenvalue weighted by Crippen LogP contribution is -2.43. The van der Waals surface area contributed by atoms with Crippen LogP contribution in [-0.2, 0) is 9.59 Å². The number of nitrogens with one attached hydrogen (secondary N) is 3. The van der Waals surface area contributed by atoms with Crippen molar-refractivity contribution >= 4 is 29.5 Å². The van der Waals surface area contributed by atoms with Crippen molar-refractivity contribution in [2.75, 3.05) is 5.32 Å². The summed E-state index contributed by atoms with van der Waals surface area (Å²) in [5.41, 5.74) is 6.18. The smallest absolute Gasteiger partial charge is 0.271 e. The number of anilines is 1. The fraction of sp³-hybridized carbons (Fsp3) is 0.150. The van der Waals surface area contributed by atoms with E-state index in [1.165, 1.54) is 6.08 Å². The van der Waals surface area contributed by atoms with Crippen LogP contribution in [0.1, 0.15) is 29.8 Å². The minimum absolute atomic E-state index is 0.248. The lowest BCUT2D eigenvalue weighted by Gasteiger charge is -2.12. The summed E-state index contributed by atoms with van der Waals surface area (Å²) in [4.78, 5) is 35.9. The molecule has 0 atom stereocenters. The SMILES string of the molecule is CC(C)C(=O)NNC(=O)c1ccccc1NC(=O)/C=C/c1ccccc1. The van der Waals surface area contributed by atoms with E-state index in [9.17, 15) is 14.4 Å². The van der Waals surface area contributed by atoms with Crippen molar-refractivity contribution < 1.29 is 14.4 Å². The van der Waals surface area contributed by atoms with Gasteiger partial charge in [0.25, 0.3) is 5.91 Å². The highest BCUT2D eigenvalue weighted by Crippen LogP contribution is 2.15. The Morgan fingerprint density at radius 1 is 0.885 bits per heavy atom. The number of rotatable bonds is 5. The van der Waals surface area contributed by atoms with Gasteiger partial charge >= 0.3 is 0 Å². The molecule has 26 heavy (non-hydrogen) atoms. The zero-order chi connectivity index (χ0) is 18.9. The van der Waals surface area contributed by atoms with Crippen LogP contribution >= 0.6 is 0 Å². The molecule has 0 unspecified atom stereocenters. The van der Waals surface area contributed by atoms with Crippen LogP contribution in [0.4, 0.5) is 5.69 Å². The summed E-state index contributed by atoms with van der Waals surface area (Å²) in [6.45, 7) is 3.43. The molecule has 2 aromatic carbocycles. The van der Waals surface area contributed by atoms with Crippen LogP contribution in [0.15, 0.2) is 60.7 Å². The van der Waals surface area contributed by atoms with Gasteiger partial charge in [0.1, 0.15) is 0 Å². The molecule has 0 spiro atoms. The van der Waals surface area contributed by atoms with Gasteiger partial charge in [0.05, 0.1) is 11.3 Å². The number of hydrogen-bond acceptors (Lipinski definition) is 3. The number of carbonyl (C=O) groups excluding carboxylic acids is 3. The van der Waals surface area contributed by atoms with Crippen LogP contribution in [0.5, 0.6) is 0 Å². The highest BCUT2D eigenvalue weighted by molar-refractivity contribution is 6.07. The molecule has 0 aliphatic rings. The second kappa shape index (κ2) is 9.17. The van der Waals surface area contributed by atoms with Gasteiger partial charge < -0.3 is 5.32 Å². The zero-order valence-electron chi connectivity index (χ0n) is 14.7. The van der Waals surface area contributed by atoms with Gasteiger partial charge in [-0.3, -0.25) is 25.2 Å². The topological polar surface area (TPSA) is 87.3 Å². The molecule has 0 radical (unpaired) electrons. The van der Waals surface area contributed by atoms with E-state index in [0.29, 0.717) is 5.69 Å². The second-order valence-corrected chi connectivity index (χ2v) is 5.88. The van der Waals surface area contributed by atoms with Gasteiger partial charge in [-0.1, -0.05) is 56.3 Å². The number of para-hydroxylation sites is 1. The van der Waals surface area contributed by atoms with Crippen molar-refractivity contribution in [3.63, 3.8) is 0 Å². The molecule has 2 rings (SSSR count). The highest BCUT2D eigenvalue weighted by atomic mass is 16.2. The van der Waals surface area contributed by atoms with Gasteiger partial charge in [0, 0.05) is 12.0 Å². The summed E-state index contributed by atoms with van der Waals surface area (Å²) in [5.74, 6) is -1.43. The molecule has 0 saturated heterocycles. The van der Waals surface area contributed by atoms with Crippen LogP contribution in [0.2, 0.25) is 0 Å². The van der Waals surface area contributed by atoms with Gasteiger partial charge in [-0.25, -0.2) is 0 Å². The zero-order valence-corrected chi connectivity index (χ0v) is 14.7. The lowest BCUT2D eigenvalue weighted by atomic mass is 10.1. The van der Waals surface area contributed by atoms with Crippen LogP contribution < -0.4 is 16.2 Å². The Morgan fingerprint density at radius 2 is 1.54 bits per heavy atom. The van der Waals surface area contributed by atoms with E-state index in [0.717, 1.165) is 5.56 Å². The molecule has 0 saturated carbocycles. The Bertz CT molecular complexity index is 814. The molecule has 6 heteroatoms. The number of amides is 3. The minimum atomic E-state index is -0.512. The molecule has 0 aliphatic heterocycles. The molecule has 0 heterocycles. The molecule has 3 N–H and O–H groups in total. The highest BCUT2D eigenvalue weighted by Gasteiger charge is 2.14. The molecule has 0 aromatic heterocycles. The third-order valence-electron chi connectivity index (χ3n) is 3.48. The summed E-state index contributed by atoms with van der Waals surface area (Å²) in [6.07, 6.45) is 3.07. The molecular formula is C20H21N3O3. The Morgan fingerprint density at radius 3 is 2.23 bits per heavy atom. The van der Waals surface area contributed by atoms with E-state index in [2.05, 4.69) is 16.2 Å². The molecule has 3 amide bonds. The largest absolute Gasteiger partial charge is 0.322 e. The van der Waals surface area contributed by atoms with Crippen LogP contribution in [0.25, 0.3) is 6.08 Å². The number of hydrogen-bond donors (Lipinski definition) is 3. The number of benzene rings is 2. The third-order valence-corrected chi connectivity index (χ3v) is 3.48. The monoisotopic (exact) mass is 351 g/mol. The first-order chi connectivity index (χ1) is 12.5. The van der Waals surface area contributed by atoms with E-state index in [1.807, 2.05) is 30.3 Å². The average Bonchev–Trinajstić information content (AvgIpc) is 2.65. The van der Waals surface area contributed by atoms with Crippen molar-refractivity contribution in [1.82, 2.24) is 10.9 Å². The fourth-order valence-corrected chi connectivity index (χ4v) is 2.03. The van der Waals surface area contributed by atoms with Crippen LogP contribution in [0, 0.1) is 5.92 Å². The van der Waals surface area contributed by atoms with Gasteiger partial charge in [0.15, 0.2) is 0 Å². The quantitative estimate of drug-likeness (QED) is 0.572. The van der Waals surface area contributed by atoms with E-state index in [4.69, 9.17) is 0 Å². The van der Waals surface area contributed by atoms with Gasteiger partial charge in [-0.05, 0) is 23.8 Å². The van der Waals surface area contributed by atoms with E-state index < -0.39 is 5.91 Å². The van der Waals surface area contributed by atoms with E-state index in [1.54, 1.807) is 44.2 Å². The van der Waals surface area contributed by atoms with Crippen molar-refractivity contribution in [3.05, 3.63) is 71.8 Å². The Labute approximate surface area is 152 Å². The molecule has 134 valence electrons. The Kier molecular flexibility index (Phi) is 6.68. The normalized spacial score (nSPS) is 10.6. The first-order valence-corrected chi connectivity index (χ1v) is 8.20. The maximum atomic E-state index is 12.3. The summed E-state index contributed by atoms with van der Waals surface area (Å²) >= 11 is 0. The fourth-order valence-electron chi connectivity index (χ4n) is 2.03. The van der Waals surface area contributed by atoms with E-state index >= 15 is 0 Å². The number of carbonyl (C=O) groups is 3. The third kappa shape index (κ3) is 5.59. The molecular weight excluding hydrogens is 330 g/mol. The molecule has 0 bridgehead atoms. The summed E-state index contributed by atoms with van der Waals surface area (Å²) in [5, 5.41) is 2.67. The first kappa shape index (κ1) is 18.9. The summed E-state index contributed by atoms with van der Waals surface area (Å²) in [6, 6.07) is 16.0. The van der Waals surface area contributed by atoms with Crippen molar-refractivity contribution in [1.29, 1.82) is 0 Å². The van der Waals surface area contributed by atoms with Crippen LogP contribution in [0.3, 0.4) is 0 Å². The van der Waals surface area contributed by atoms with Crippen LogP contribution in [-0.4, -0.2) is 17.7 Å². The predicted octanol–water partition coefficient (Wildman–Crippen LogP) is 2.76. The van der Waals surface area contributed by atoms with Gasteiger partial charge in [0.2, 0.25) is 11.8 Å². The predicted molar refractivity (Wildman–Crippen MR) is 101 cm³/mol. The Hall–Kier alpha value is -3.41. The van der Waals surface area contributed by atoms with Crippen molar-refractivity contribution in [2.45, 2.75) is 13.8 Å². The molecule has 0 fully saturated rings. The number of hydrazine groups is 1. The molecule has 0 aliphatic carbocycles.